The third kappa shape index (κ3) is 1.18. The Labute approximate surface area is 69.0 Å². The van der Waals surface area contributed by atoms with E-state index in [4.69, 9.17) is 0 Å². The zero-order valence-corrected chi connectivity index (χ0v) is 7.51. The summed E-state index contributed by atoms with van der Waals surface area (Å²) < 4.78 is 0. The maximum atomic E-state index is 3.47. The SMILES string of the molecule is CC(C)N1CC[C@H]2CNC[C@H]21. The average Bonchev–Trinajstić information content (AvgIpc) is 2.41. The van der Waals surface area contributed by atoms with Gasteiger partial charge < -0.3 is 5.32 Å². The van der Waals surface area contributed by atoms with E-state index in [1.807, 2.05) is 0 Å². The normalized spacial score (nSPS) is 38.5. The van der Waals surface area contributed by atoms with E-state index in [-0.39, 0.29) is 0 Å². The number of likely N-dealkylation sites (tertiary alicyclic amines) is 1. The molecule has 2 fully saturated rings. The van der Waals surface area contributed by atoms with Crippen LogP contribution in [0.5, 0.6) is 0 Å². The van der Waals surface area contributed by atoms with E-state index in [0.717, 1.165) is 18.0 Å². The first-order valence-electron chi connectivity index (χ1n) is 4.75. The van der Waals surface area contributed by atoms with Crippen LogP contribution in [0, 0.1) is 5.92 Å². The zero-order valence-electron chi connectivity index (χ0n) is 7.51. The number of fused-ring (bicyclic) bond motifs is 1. The minimum Gasteiger partial charge on any atom is -0.315 e. The quantitative estimate of drug-likeness (QED) is 0.598. The molecule has 2 atom stereocenters. The Balaban J connectivity index is 2.03. The van der Waals surface area contributed by atoms with Gasteiger partial charge in [-0.05, 0) is 39.3 Å². The van der Waals surface area contributed by atoms with Crippen molar-refractivity contribution in [1.82, 2.24) is 10.2 Å². The van der Waals surface area contributed by atoms with Gasteiger partial charge in [-0.3, -0.25) is 4.90 Å². The monoisotopic (exact) mass is 154 g/mol. The lowest BCUT2D eigenvalue weighted by molar-refractivity contribution is 0.203. The Hall–Kier alpha value is -0.0800. The summed E-state index contributed by atoms with van der Waals surface area (Å²) in [6.45, 7) is 8.42. The average molecular weight is 154 g/mol. The molecule has 0 saturated carbocycles. The largest absolute Gasteiger partial charge is 0.315 e. The fourth-order valence-electron chi connectivity index (χ4n) is 2.52. The van der Waals surface area contributed by atoms with Crippen LogP contribution < -0.4 is 5.32 Å². The molecular weight excluding hydrogens is 136 g/mol. The highest BCUT2D eigenvalue weighted by molar-refractivity contribution is 4.95. The maximum Gasteiger partial charge on any atom is 0.0264 e. The summed E-state index contributed by atoms with van der Waals surface area (Å²) in [4.78, 5) is 2.64. The lowest BCUT2D eigenvalue weighted by Crippen LogP contribution is -2.38. The third-order valence-corrected chi connectivity index (χ3v) is 3.15. The Morgan fingerprint density at radius 2 is 2.18 bits per heavy atom. The molecule has 0 aliphatic carbocycles. The maximum absolute atomic E-state index is 3.47. The smallest absolute Gasteiger partial charge is 0.0264 e. The fourth-order valence-corrected chi connectivity index (χ4v) is 2.52. The molecule has 0 amide bonds. The number of hydrogen-bond donors (Lipinski definition) is 1. The van der Waals surface area contributed by atoms with Crippen LogP contribution in [0.1, 0.15) is 20.3 Å². The third-order valence-electron chi connectivity index (χ3n) is 3.15. The molecule has 0 unspecified atom stereocenters. The summed E-state index contributed by atoms with van der Waals surface area (Å²) in [6, 6.07) is 1.60. The van der Waals surface area contributed by atoms with E-state index in [1.54, 1.807) is 0 Å². The highest BCUT2D eigenvalue weighted by Crippen LogP contribution is 2.28. The van der Waals surface area contributed by atoms with E-state index in [2.05, 4.69) is 24.1 Å². The van der Waals surface area contributed by atoms with Gasteiger partial charge in [-0.2, -0.15) is 0 Å². The van der Waals surface area contributed by atoms with Crippen molar-refractivity contribution < 1.29 is 0 Å². The van der Waals surface area contributed by atoms with Crippen molar-refractivity contribution in [2.75, 3.05) is 19.6 Å². The molecule has 2 heterocycles. The van der Waals surface area contributed by atoms with Crippen LogP contribution in [0.2, 0.25) is 0 Å². The summed E-state index contributed by atoms with van der Waals surface area (Å²) in [7, 11) is 0. The lowest BCUT2D eigenvalue weighted by atomic mass is 10.0. The van der Waals surface area contributed by atoms with Gasteiger partial charge in [0.05, 0.1) is 0 Å². The van der Waals surface area contributed by atoms with Gasteiger partial charge in [-0.1, -0.05) is 0 Å². The van der Waals surface area contributed by atoms with Crippen molar-refractivity contribution in [2.45, 2.75) is 32.4 Å². The number of nitrogens with zero attached hydrogens (tertiary/aromatic N) is 1. The summed E-state index contributed by atoms with van der Waals surface area (Å²) in [5, 5.41) is 3.47. The summed E-state index contributed by atoms with van der Waals surface area (Å²) in [5.74, 6) is 0.956. The molecule has 2 saturated heterocycles. The van der Waals surface area contributed by atoms with Crippen molar-refractivity contribution in [1.29, 1.82) is 0 Å². The summed E-state index contributed by atoms with van der Waals surface area (Å²) in [5.41, 5.74) is 0. The Kier molecular flexibility index (Phi) is 1.90. The second-order valence-corrected chi connectivity index (χ2v) is 4.11. The molecule has 11 heavy (non-hydrogen) atoms. The van der Waals surface area contributed by atoms with Gasteiger partial charge in [-0.15, -0.1) is 0 Å². The molecule has 1 N–H and O–H groups in total. The molecule has 0 radical (unpaired) electrons. The molecule has 0 aromatic carbocycles. The van der Waals surface area contributed by atoms with E-state index < -0.39 is 0 Å². The highest BCUT2D eigenvalue weighted by atomic mass is 15.2. The van der Waals surface area contributed by atoms with Crippen molar-refractivity contribution in [3.63, 3.8) is 0 Å². The van der Waals surface area contributed by atoms with Gasteiger partial charge in [0.15, 0.2) is 0 Å². The van der Waals surface area contributed by atoms with Gasteiger partial charge in [-0.25, -0.2) is 0 Å². The van der Waals surface area contributed by atoms with Crippen LogP contribution in [0.4, 0.5) is 0 Å². The molecule has 2 nitrogen and oxygen atoms in total. The molecule has 2 aliphatic rings. The minimum absolute atomic E-state index is 0.741. The van der Waals surface area contributed by atoms with Crippen LogP contribution in [0.3, 0.4) is 0 Å². The van der Waals surface area contributed by atoms with Gasteiger partial charge in [0.25, 0.3) is 0 Å². The van der Waals surface area contributed by atoms with Gasteiger partial charge in [0.2, 0.25) is 0 Å². The molecule has 2 heteroatoms. The van der Waals surface area contributed by atoms with Gasteiger partial charge >= 0.3 is 0 Å². The summed E-state index contributed by atoms with van der Waals surface area (Å²) in [6.07, 6.45) is 1.41. The first kappa shape index (κ1) is 7.56. The van der Waals surface area contributed by atoms with Crippen LogP contribution in [0.15, 0.2) is 0 Å². The lowest BCUT2D eigenvalue weighted by Gasteiger charge is -2.26. The van der Waals surface area contributed by atoms with E-state index in [0.29, 0.717) is 0 Å². The second-order valence-electron chi connectivity index (χ2n) is 4.11. The first-order chi connectivity index (χ1) is 5.29. The molecule has 64 valence electrons. The molecule has 0 aromatic rings. The fraction of sp³-hybridized carbons (Fsp3) is 1.00. The van der Waals surface area contributed by atoms with Crippen LogP contribution >= 0.6 is 0 Å². The molecule has 0 spiro atoms. The molecular formula is C9H18N2. The number of rotatable bonds is 1. The topological polar surface area (TPSA) is 15.3 Å². The highest BCUT2D eigenvalue weighted by Gasteiger charge is 2.38. The molecule has 2 rings (SSSR count). The summed E-state index contributed by atoms with van der Waals surface area (Å²) >= 11 is 0. The van der Waals surface area contributed by atoms with Gasteiger partial charge in [0.1, 0.15) is 0 Å². The predicted octanol–water partition coefficient (Wildman–Crippen LogP) is 0.688. The second kappa shape index (κ2) is 2.76. The van der Waals surface area contributed by atoms with Crippen LogP contribution in [-0.2, 0) is 0 Å². The standard InChI is InChI=1S/C9H18N2/c1-7(2)11-4-3-8-5-10-6-9(8)11/h7-10H,3-6H2,1-2H3/t8-,9+/m0/s1. The first-order valence-corrected chi connectivity index (χ1v) is 4.75. The van der Waals surface area contributed by atoms with Gasteiger partial charge in [0, 0.05) is 18.6 Å². The van der Waals surface area contributed by atoms with E-state index >= 15 is 0 Å². The number of nitrogens with one attached hydrogen (secondary N) is 1. The van der Waals surface area contributed by atoms with Crippen LogP contribution in [-0.4, -0.2) is 36.6 Å². The Morgan fingerprint density at radius 3 is 2.91 bits per heavy atom. The molecule has 2 aliphatic heterocycles. The molecule has 0 aromatic heterocycles. The van der Waals surface area contributed by atoms with Crippen molar-refractivity contribution in [2.24, 2.45) is 5.92 Å². The molecule has 0 bridgehead atoms. The van der Waals surface area contributed by atoms with Crippen molar-refractivity contribution >= 4 is 0 Å². The van der Waals surface area contributed by atoms with E-state index in [1.165, 1.54) is 26.1 Å². The Morgan fingerprint density at radius 1 is 1.36 bits per heavy atom. The van der Waals surface area contributed by atoms with E-state index in [9.17, 15) is 0 Å². The predicted molar refractivity (Wildman–Crippen MR) is 46.6 cm³/mol. The van der Waals surface area contributed by atoms with Crippen LogP contribution in [0.25, 0.3) is 0 Å². The zero-order chi connectivity index (χ0) is 7.84. The van der Waals surface area contributed by atoms with Crippen molar-refractivity contribution in [3.05, 3.63) is 0 Å². The number of hydrogen-bond acceptors (Lipinski definition) is 2. The minimum atomic E-state index is 0.741. The Bertz CT molecular complexity index is 144. The van der Waals surface area contributed by atoms with Crippen molar-refractivity contribution in [3.8, 4) is 0 Å².